The van der Waals surface area contributed by atoms with Gasteiger partial charge in [0, 0.05) is 18.0 Å². The zero-order chi connectivity index (χ0) is 23.6. The predicted molar refractivity (Wildman–Crippen MR) is 124 cm³/mol. The molecular formula is C24H23NO6S2. The third-order valence-electron chi connectivity index (χ3n) is 5.41. The van der Waals surface area contributed by atoms with Gasteiger partial charge in [0.25, 0.3) is 5.91 Å². The van der Waals surface area contributed by atoms with E-state index in [2.05, 4.69) is 0 Å². The van der Waals surface area contributed by atoms with E-state index in [1.54, 1.807) is 54.3 Å². The molecule has 7 nitrogen and oxygen atoms in total. The quantitative estimate of drug-likeness (QED) is 0.389. The van der Waals surface area contributed by atoms with Gasteiger partial charge in [-0.25, -0.2) is 4.79 Å². The number of hydrogen-bond acceptors (Lipinski definition) is 7. The van der Waals surface area contributed by atoms with Crippen LogP contribution in [0, 0.1) is 13.8 Å². The average Bonchev–Trinajstić information content (AvgIpc) is 3.27. The molecule has 1 aromatic heterocycles. The molecule has 0 fully saturated rings. The number of fused-ring (bicyclic) bond motifs is 1. The molecule has 3 aromatic rings. The fourth-order valence-electron chi connectivity index (χ4n) is 3.61. The fourth-order valence-corrected chi connectivity index (χ4v) is 5.76. The van der Waals surface area contributed by atoms with Crippen LogP contribution in [-0.2, 0) is 32.6 Å². The van der Waals surface area contributed by atoms with Crippen molar-refractivity contribution in [2.24, 2.45) is 0 Å². The molecule has 0 unspecified atom stereocenters. The lowest BCUT2D eigenvalue weighted by Gasteiger charge is -2.26. The Kier molecular flexibility index (Phi) is 6.53. The molecule has 2 heterocycles. The van der Waals surface area contributed by atoms with Gasteiger partial charge in [0.1, 0.15) is 10.5 Å². The first-order chi connectivity index (χ1) is 15.7. The van der Waals surface area contributed by atoms with Crippen molar-refractivity contribution in [1.29, 1.82) is 0 Å². The largest absolute Gasteiger partial charge is 0.452 e. The van der Waals surface area contributed by atoms with Crippen molar-refractivity contribution in [3.63, 3.8) is 0 Å². The minimum absolute atomic E-state index is 0.0266. The van der Waals surface area contributed by atoms with Gasteiger partial charge in [0.05, 0.1) is 0 Å². The van der Waals surface area contributed by atoms with Crippen LogP contribution >= 0.6 is 11.3 Å². The molecule has 0 radical (unpaired) electrons. The molecule has 4 rings (SSSR count). The number of thiophene rings is 1. The van der Waals surface area contributed by atoms with Crippen molar-refractivity contribution >= 4 is 33.3 Å². The number of para-hydroxylation sites is 1. The van der Waals surface area contributed by atoms with E-state index in [9.17, 15) is 18.0 Å². The molecule has 0 saturated carbocycles. The Morgan fingerprint density at radius 1 is 1.09 bits per heavy atom. The van der Waals surface area contributed by atoms with E-state index in [0.29, 0.717) is 18.7 Å². The highest BCUT2D eigenvalue weighted by Crippen LogP contribution is 2.27. The third-order valence-corrected chi connectivity index (χ3v) is 7.81. The number of hydrogen-bond donors (Lipinski definition) is 0. The van der Waals surface area contributed by atoms with Gasteiger partial charge in [-0.05, 0) is 66.6 Å². The monoisotopic (exact) mass is 485 g/mol. The molecule has 2 aromatic carbocycles. The Bertz CT molecular complexity index is 1310. The normalized spacial score (nSPS) is 13.3. The number of esters is 1. The molecule has 0 aliphatic carbocycles. The first-order valence-electron chi connectivity index (χ1n) is 10.4. The second-order valence-corrected chi connectivity index (χ2v) is 10.3. The highest BCUT2D eigenvalue weighted by molar-refractivity contribution is 7.87. The molecule has 0 spiro atoms. The lowest BCUT2D eigenvalue weighted by molar-refractivity contribution is -0.135. The van der Waals surface area contributed by atoms with Crippen molar-refractivity contribution in [2.45, 2.75) is 31.7 Å². The molecule has 1 aliphatic heterocycles. The average molecular weight is 486 g/mol. The highest BCUT2D eigenvalue weighted by Gasteiger charge is 2.25. The van der Waals surface area contributed by atoms with Gasteiger partial charge in [-0.3, -0.25) is 4.79 Å². The summed E-state index contributed by atoms with van der Waals surface area (Å²) in [6.45, 7) is 4.07. The van der Waals surface area contributed by atoms with Crippen molar-refractivity contribution in [3.8, 4) is 5.75 Å². The van der Waals surface area contributed by atoms with Gasteiger partial charge in [-0.1, -0.05) is 24.3 Å². The third kappa shape index (κ3) is 5.09. The van der Waals surface area contributed by atoms with E-state index in [1.807, 2.05) is 11.4 Å². The van der Waals surface area contributed by atoms with Crippen LogP contribution in [0.3, 0.4) is 0 Å². The molecule has 0 bridgehead atoms. The number of aryl methyl sites for hydroxylation is 2. The van der Waals surface area contributed by atoms with Crippen molar-refractivity contribution in [3.05, 3.63) is 81.0 Å². The Balaban J connectivity index is 1.45. The number of ether oxygens (including phenoxy) is 1. The molecule has 172 valence electrons. The molecule has 33 heavy (non-hydrogen) atoms. The molecular weight excluding hydrogens is 462 g/mol. The summed E-state index contributed by atoms with van der Waals surface area (Å²) in [6.07, 6.45) is 0.777. The molecule has 0 atom stereocenters. The summed E-state index contributed by atoms with van der Waals surface area (Å²) >= 11 is 1.67. The SMILES string of the molecule is Cc1ccc(C)c(S(=O)(=O)Oc2ccccc2C(=O)OCC(=O)N2CCc3sccc3C2)c1. The summed E-state index contributed by atoms with van der Waals surface area (Å²) in [7, 11) is -4.18. The lowest BCUT2D eigenvalue weighted by atomic mass is 10.1. The first-order valence-corrected chi connectivity index (χ1v) is 12.6. The molecule has 0 N–H and O–H groups in total. The maximum Gasteiger partial charge on any atom is 0.342 e. The molecule has 1 aliphatic rings. The minimum atomic E-state index is -4.18. The standard InChI is InChI=1S/C24H23NO6S2/c1-16-7-8-17(2)22(13-16)33(28,29)31-20-6-4-3-5-19(20)24(27)30-15-23(26)25-11-9-21-18(14-25)10-12-32-21/h3-8,10,12-13H,9,11,14-15H2,1-2H3. The van der Waals surface area contributed by atoms with Crippen molar-refractivity contribution in [2.75, 3.05) is 13.2 Å². The second-order valence-electron chi connectivity index (χ2n) is 7.81. The fraction of sp³-hybridized carbons (Fsp3) is 0.250. The van der Waals surface area contributed by atoms with Crippen molar-refractivity contribution < 1.29 is 26.9 Å². The number of benzene rings is 2. The molecule has 9 heteroatoms. The Labute approximate surface area is 196 Å². The number of nitrogens with zero attached hydrogens (tertiary/aromatic N) is 1. The highest BCUT2D eigenvalue weighted by atomic mass is 32.2. The van der Waals surface area contributed by atoms with Crippen LogP contribution in [-0.4, -0.2) is 38.3 Å². The zero-order valence-corrected chi connectivity index (χ0v) is 19.9. The molecule has 1 amide bonds. The number of amides is 1. The van der Waals surface area contributed by atoms with Gasteiger partial charge in [-0.15, -0.1) is 11.3 Å². The van der Waals surface area contributed by atoms with Crippen LogP contribution in [0.25, 0.3) is 0 Å². The molecule has 0 saturated heterocycles. The topological polar surface area (TPSA) is 90.0 Å². The predicted octanol–water partition coefficient (Wildman–Crippen LogP) is 3.87. The number of carbonyl (C=O) groups excluding carboxylic acids is 2. The Hall–Kier alpha value is -3.17. The summed E-state index contributed by atoms with van der Waals surface area (Å²) in [6, 6.07) is 12.9. The van der Waals surface area contributed by atoms with E-state index >= 15 is 0 Å². The number of rotatable bonds is 6. The van der Waals surface area contributed by atoms with E-state index in [4.69, 9.17) is 8.92 Å². The zero-order valence-electron chi connectivity index (χ0n) is 18.2. The van der Waals surface area contributed by atoms with E-state index < -0.39 is 22.7 Å². The Morgan fingerprint density at radius 3 is 2.70 bits per heavy atom. The summed E-state index contributed by atoms with van der Waals surface area (Å²) in [5, 5.41) is 2.00. The van der Waals surface area contributed by atoms with E-state index in [0.717, 1.165) is 17.5 Å². The van der Waals surface area contributed by atoms with Crippen LogP contribution in [0.2, 0.25) is 0 Å². The maximum absolute atomic E-state index is 12.9. The van der Waals surface area contributed by atoms with Gasteiger partial charge in [0.15, 0.2) is 12.4 Å². The van der Waals surface area contributed by atoms with Gasteiger partial charge >= 0.3 is 16.1 Å². The summed E-state index contributed by atoms with van der Waals surface area (Å²) in [5.41, 5.74) is 2.34. The maximum atomic E-state index is 12.9. The van der Waals surface area contributed by atoms with Crippen LogP contribution < -0.4 is 4.18 Å². The van der Waals surface area contributed by atoms with Crippen LogP contribution in [0.15, 0.2) is 58.8 Å². The van der Waals surface area contributed by atoms with E-state index in [-0.39, 0.29) is 22.1 Å². The van der Waals surface area contributed by atoms with Crippen LogP contribution in [0.4, 0.5) is 0 Å². The van der Waals surface area contributed by atoms with E-state index in [1.165, 1.54) is 23.1 Å². The Morgan fingerprint density at radius 2 is 1.88 bits per heavy atom. The number of carbonyl (C=O) groups is 2. The minimum Gasteiger partial charge on any atom is -0.452 e. The summed E-state index contributed by atoms with van der Waals surface area (Å²) in [4.78, 5) is 28.2. The summed E-state index contributed by atoms with van der Waals surface area (Å²) < 4.78 is 36.3. The van der Waals surface area contributed by atoms with Crippen LogP contribution in [0.1, 0.15) is 31.9 Å². The first kappa shape index (κ1) is 23.0. The van der Waals surface area contributed by atoms with Crippen molar-refractivity contribution in [1.82, 2.24) is 4.90 Å². The summed E-state index contributed by atoms with van der Waals surface area (Å²) in [5.74, 6) is -1.29. The lowest BCUT2D eigenvalue weighted by Crippen LogP contribution is -2.38. The second kappa shape index (κ2) is 9.36. The van der Waals surface area contributed by atoms with Gasteiger partial charge < -0.3 is 13.8 Å². The van der Waals surface area contributed by atoms with Gasteiger partial charge in [-0.2, -0.15) is 8.42 Å². The van der Waals surface area contributed by atoms with Crippen LogP contribution in [0.5, 0.6) is 5.75 Å². The smallest absolute Gasteiger partial charge is 0.342 e. The van der Waals surface area contributed by atoms with Gasteiger partial charge in [0.2, 0.25) is 0 Å².